The molecule has 2 heterocycles. The number of ether oxygens (including phenoxy) is 1. The summed E-state index contributed by atoms with van der Waals surface area (Å²) < 4.78 is 5.13. The van der Waals surface area contributed by atoms with Gasteiger partial charge in [-0.05, 0) is 56.2 Å². The minimum atomic E-state index is -1.15. The number of aryl methyl sites for hydroxylation is 1. The molecular formula is C28H27N3O6. The van der Waals surface area contributed by atoms with Crippen LogP contribution in [0.5, 0.6) is 0 Å². The Morgan fingerprint density at radius 3 is 2.51 bits per heavy atom. The molecule has 0 radical (unpaired) electrons. The smallest absolute Gasteiger partial charge is 0.340 e. The van der Waals surface area contributed by atoms with Crippen molar-refractivity contribution in [3.05, 3.63) is 87.7 Å². The summed E-state index contributed by atoms with van der Waals surface area (Å²) in [6.45, 7) is 5.49. The molecule has 0 saturated carbocycles. The van der Waals surface area contributed by atoms with Gasteiger partial charge in [-0.25, -0.2) is 9.59 Å². The molecule has 3 aromatic rings. The molecule has 1 aliphatic heterocycles. The number of aromatic nitrogens is 1. The number of carbonyl (C=O) groups excluding carboxylic acids is 3. The Labute approximate surface area is 213 Å². The van der Waals surface area contributed by atoms with Crippen LogP contribution in [0.4, 0.5) is 5.69 Å². The summed E-state index contributed by atoms with van der Waals surface area (Å²) in [6.07, 6.45) is 1.76. The lowest BCUT2D eigenvalue weighted by Gasteiger charge is -2.15. The molecule has 0 bridgehead atoms. The first-order chi connectivity index (χ1) is 17.7. The van der Waals surface area contributed by atoms with Crippen LogP contribution in [0.3, 0.4) is 0 Å². The van der Waals surface area contributed by atoms with E-state index in [0.29, 0.717) is 39.3 Å². The summed E-state index contributed by atoms with van der Waals surface area (Å²) in [5, 5.41) is 15.0. The van der Waals surface area contributed by atoms with Gasteiger partial charge in [0, 0.05) is 34.6 Å². The summed E-state index contributed by atoms with van der Waals surface area (Å²) in [7, 11) is 0. The van der Waals surface area contributed by atoms with Crippen LogP contribution in [0.25, 0.3) is 11.6 Å². The maximum atomic E-state index is 13.0. The lowest BCUT2D eigenvalue weighted by molar-refractivity contribution is -0.139. The van der Waals surface area contributed by atoms with Crippen molar-refractivity contribution in [1.29, 1.82) is 0 Å². The van der Waals surface area contributed by atoms with Crippen molar-refractivity contribution in [2.75, 3.05) is 11.9 Å². The number of aliphatic carboxylic acids is 1. The second-order valence-electron chi connectivity index (χ2n) is 8.71. The summed E-state index contributed by atoms with van der Waals surface area (Å²) in [5.74, 6) is -2.52. The fraction of sp³-hybridized carbons (Fsp3) is 0.214. The predicted octanol–water partition coefficient (Wildman–Crippen LogP) is 3.73. The SMILES string of the molecule is CCOC(=O)c1c(C)[nH]c(/C=C2\C(=O)Nc3ccc(C(=O)NC(Cc4ccccc4)C(=O)O)cc32)c1C. The number of nitrogens with one attached hydrogen (secondary N) is 3. The molecule has 1 aromatic heterocycles. The molecule has 2 amide bonds. The fourth-order valence-corrected chi connectivity index (χ4v) is 4.34. The normalized spacial score (nSPS) is 14.1. The Kier molecular flexibility index (Phi) is 7.24. The van der Waals surface area contributed by atoms with Crippen LogP contribution in [0.15, 0.2) is 48.5 Å². The Balaban J connectivity index is 1.62. The minimum absolute atomic E-state index is 0.131. The number of carboxylic acids is 1. The number of fused-ring (bicyclic) bond motifs is 1. The second-order valence-corrected chi connectivity index (χ2v) is 8.71. The van der Waals surface area contributed by atoms with Crippen LogP contribution in [0.1, 0.15) is 55.7 Å². The number of hydrogen-bond donors (Lipinski definition) is 4. The monoisotopic (exact) mass is 501 g/mol. The van der Waals surface area contributed by atoms with Crippen LogP contribution in [-0.2, 0) is 20.7 Å². The third-order valence-electron chi connectivity index (χ3n) is 6.20. The molecular weight excluding hydrogens is 474 g/mol. The number of aromatic amines is 1. The van der Waals surface area contributed by atoms with Gasteiger partial charge in [-0.1, -0.05) is 30.3 Å². The third-order valence-corrected chi connectivity index (χ3v) is 6.20. The van der Waals surface area contributed by atoms with E-state index in [1.165, 1.54) is 6.07 Å². The zero-order chi connectivity index (χ0) is 26.7. The van der Waals surface area contributed by atoms with Crippen LogP contribution in [0, 0.1) is 13.8 Å². The van der Waals surface area contributed by atoms with E-state index in [-0.39, 0.29) is 24.5 Å². The lowest BCUT2D eigenvalue weighted by Crippen LogP contribution is -2.42. The van der Waals surface area contributed by atoms with Gasteiger partial charge in [0.2, 0.25) is 0 Å². The number of H-pyrrole nitrogens is 1. The Hall–Kier alpha value is -4.66. The summed E-state index contributed by atoms with van der Waals surface area (Å²) in [5.41, 5.74) is 4.58. The second kappa shape index (κ2) is 10.5. The van der Waals surface area contributed by atoms with Gasteiger partial charge in [-0.3, -0.25) is 9.59 Å². The topological polar surface area (TPSA) is 138 Å². The van der Waals surface area contributed by atoms with E-state index >= 15 is 0 Å². The van der Waals surface area contributed by atoms with Gasteiger partial charge in [0.15, 0.2) is 0 Å². The van der Waals surface area contributed by atoms with Crippen molar-refractivity contribution >= 4 is 41.1 Å². The molecule has 0 saturated heterocycles. The number of carbonyl (C=O) groups is 4. The maximum absolute atomic E-state index is 13.0. The predicted molar refractivity (Wildman–Crippen MR) is 138 cm³/mol. The summed E-state index contributed by atoms with van der Waals surface area (Å²) in [6, 6.07) is 12.6. The maximum Gasteiger partial charge on any atom is 0.340 e. The van der Waals surface area contributed by atoms with Crippen LogP contribution >= 0.6 is 0 Å². The fourth-order valence-electron chi connectivity index (χ4n) is 4.34. The van der Waals surface area contributed by atoms with Gasteiger partial charge in [-0.2, -0.15) is 0 Å². The molecule has 4 rings (SSSR count). The highest BCUT2D eigenvalue weighted by atomic mass is 16.5. The first-order valence-corrected chi connectivity index (χ1v) is 11.8. The average molecular weight is 502 g/mol. The van der Waals surface area contributed by atoms with Gasteiger partial charge in [0.05, 0.1) is 17.7 Å². The molecule has 190 valence electrons. The Morgan fingerprint density at radius 2 is 1.84 bits per heavy atom. The molecule has 9 heteroatoms. The van der Waals surface area contributed by atoms with Gasteiger partial charge in [0.1, 0.15) is 6.04 Å². The molecule has 4 N–H and O–H groups in total. The van der Waals surface area contributed by atoms with Gasteiger partial charge in [-0.15, -0.1) is 0 Å². The molecule has 1 aliphatic rings. The van der Waals surface area contributed by atoms with E-state index in [1.54, 1.807) is 63.2 Å². The van der Waals surface area contributed by atoms with Gasteiger partial charge in [0.25, 0.3) is 11.8 Å². The zero-order valence-corrected chi connectivity index (χ0v) is 20.7. The number of anilines is 1. The van der Waals surface area contributed by atoms with E-state index in [1.807, 2.05) is 6.07 Å². The van der Waals surface area contributed by atoms with Gasteiger partial charge < -0.3 is 25.5 Å². The number of carboxylic acid groups (broad SMARTS) is 1. The quantitative estimate of drug-likeness (QED) is 0.274. The largest absolute Gasteiger partial charge is 0.480 e. The first kappa shape index (κ1) is 25.4. The highest BCUT2D eigenvalue weighted by Crippen LogP contribution is 2.35. The number of benzene rings is 2. The van der Waals surface area contributed by atoms with Crippen molar-refractivity contribution in [2.45, 2.75) is 33.2 Å². The van der Waals surface area contributed by atoms with E-state index in [0.717, 1.165) is 5.56 Å². The van der Waals surface area contributed by atoms with E-state index in [2.05, 4.69) is 15.6 Å². The summed E-state index contributed by atoms with van der Waals surface area (Å²) in [4.78, 5) is 53.0. The van der Waals surface area contributed by atoms with E-state index in [4.69, 9.17) is 4.74 Å². The van der Waals surface area contributed by atoms with E-state index < -0.39 is 23.9 Å². The highest BCUT2D eigenvalue weighted by molar-refractivity contribution is 6.35. The number of amides is 2. The Bertz CT molecular complexity index is 1420. The van der Waals surface area contributed by atoms with Gasteiger partial charge >= 0.3 is 11.9 Å². The van der Waals surface area contributed by atoms with Crippen LogP contribution in [-0.4, -0.2) is 46.5 Å². The molecule has 9 nitrogen and oxygen atoms in total. The van der Waals surface area contributed by atoms with Crippen molar-refractivity contribution in [2.24, 2.45) is 0 Å². The molecule has 0 fully saturated rings. The van der Waals surface area contributed by atoms with Crippen molar-refractivity contribution in [1.82, 2.24) is 10.3 Å². The minimum Gasteiger partial charge on any atom is -0.480 e. The molecule has 37 heavy (non-hydrogen) atoms. The third kappa shape index (κ3) is 5.30. The van der Waals surface area contributed by atoms with Crippen molar-refractivity contribution in [3.63, 3.8) is 0 Å². The highest BCUT2D eigenvalue weighted by Gasteiger charge is 2.28. The van der Waals surface area contributed by atoms with Crippen LogP contribution in [0.2, 0.25) is 0 Å². The van der Waals surface area contributed by atoms with Crippen molar-refractivity contribution in [3.8, 4) is 0 Å². The number of esters is 1. The first-order valence-electron chi connectivity index (χ1n) is 11.8. The summed E-state index contributed by atoms with van der Waals surface area (Å²) >= 11 is 0. The molecule has 0 aliphatic carbocycles. The molecule has 0 spiro atoms. The Morgan fingerprint density at radius 1 is 1.11 bits per heavy atom. The number of rotatable bonds is 8. The van der Waals surface area contributed by atoms with E-state index in [9.17, 15) is 24.3 Å². The molecule has 1 unspecified atom stereocenters. The molecule has 2 aromatic carbocycles. The molecule has 1 atom stereocenters. The standard InChI is InChI=1S/C28H27N3O6/c1-4-37-28(36)24-15(2)22(29-16(24)3)14-20-19-13-18(10-11-21(19)30-26(20)33)25(32)31-23(27(34)35)12-17-8-6-5-7-9-17/h5-11,13-14,23,29H,4,12H2,1-3H3,(H,30,33)(H,31,32)(H,34,35)/b20-14-. The zero-order valence-electron chi connectivity index (χ0n) is 20.7. The van der Waals surface area contributed by atoms with Crippen molar-refractivity contribution < 1.29 is 29.0 Å². The lowest BCUT2D eigenvalue weighted by atomic mass is 10.0. The average Bonchev–Trinajstić information content (AvgIpc) is 3.33. The van der Waals surface area contributed by atoms with Crippen LogP contribution < -0.4 is 10.6 Å². The number of hydrogen-bond acceptors (Lipinski definition) is 5.